The third kappa shape index (κ3) is 6.55. The highest BCUT2D eigenvalue weighted by Crippen LogP contribution is 2.45. The zero-order chi connectivity index (χ0) is 30.0. The van der Waals surface area contributed by atoms with Crippen LogP contribution in [0.2, 0.25) is 0 Å². The minimum Gasteiger partial charge on any atom is -0.456 e. The zero-order valence-electron chi connectivity index (χ0n) is 23.2. The number of carbonyl (C=O) groups excluding carboxylic acids is 3. The molecule has 2 aliphatic heterocycles. The summed E-state index contributed by atoms with van der Waals surface area (Å²) in [7, 11) is 0. The number of hydrogen-bond acceptors (Lipinski definition) is 9. The van der Waals surface area contributed by atoms with Gasteiger partial charge in [0.2, 0.25) is 5.91 Å². The predicted molar refractivity (Wildman–Crippen MR) is 164 cm³/mol. The molecule has 0 spiro atoms. The molecule has 218 valence electrons. The fraction of sp³-hybridized carbons (Fsp3) is 0.300. The third-order valence-corrected chi connectivity index (χ3v) is 10.3. The van der Waals surface area contributed by atoms with E-state index < -0.39 is 22.3 Å². The Kier molecular flexibility index (Phi) is 8.76. The number of esters is 1. The number of ether oxygens (including phenoxy) is 1. The number of amides is 2. The summed E-state index contributed by atoms with van der Waals surface area (Å²) in [5, 5.41) is 15.3. The van der Waals surface area contributed by atoms with E-state index in [1.54, 1.807) is 0 Å². The second kappa shape index (κ2) is 12.3. The van der Waals surface area contributed by atoms with E-state index in [9.17, 15) is 24.5 Å². The van der Waals surface area contributed by atoms with Crippen molar-refractivity contribution >= 4 is 58.3 Å². The molecule has 0 aliphatic carbocycles. The van der Waals surface area contributed by atoms with Gasteiger partial charge in [-0.15, -0.1) is 23.1 Å². The number of nitro groups is 1. The molecule has 0 bridgehead atoms. The molecule has 1 fully saturated rings. The number of non-ortho nitro benzene ring substituents is 1. The molecule has 3 aromatic rings. The summed E-state index contributed by atoms with van der Waals surface area (Å²) in [5.74, 6) is -0.819. The Balaban J connectivity index is 1.35. The number of thioether (sulfide) groups is 2. The van der Waals surface area contributed by atoms with E-state index in [2.05, 4.69) is 38.2 Å². The van der Waals surface area contributed by atoms with Crippen LogP contribution >= 0.6 is 34.9 Å². The number of nitrogens with one attached hydrogen (secondary N) is 1. The summed E-state index contributed by atoms with van der Waals surface area (Å²) in [6.07, 6.45) is 0.185. The molecule has 42 heavy (non-hydrogen) atoms. The zero-order valence-corrected chi connectivity index (χ0v) is 25.6. The summed E-state index contributed by atoms with van der Waals surface area (Å²) >= 11 is 4.38. The first kappa shape index (κ1) is 29.9. The van der Waals surface area contributed by atoms with Crippen LogP contribution in [-0.4, -0.2) is 44.8 Å². The molecule has 1 unspecified atom stereocenters. The molecule has 3 heterocycles. The largest absolute Gasteiger partial charge is 0.456 e. The minimum absolute atomic E-state index is 0.00376. The molecule has 5 rings (SSSR count). The first-order valence-corrected chi connectivity index (χ1v) is 15.9. The Labute approximate surface area is 255 Å². The molecule has 1 N–H and O–H groups in total. The van der Waals surface area contributed by atoms with Gasteiger partial charge in [0.05, 0.1) is 11.3 Å². The van der Waals surface area contributed by atoms with Crippen molar-refractivity contribution in [1.29, 1.82) is 0 Å². The Hall–Kier alpha value is -3.61. The maximum absolute atomic E-state index is 13.5. The fourth-order valence-corrected chi connectivity index (χ4v) is 7.72. The van der Waals surface area contributed by atoms with Crippen molar-refractivity contribution in [3.05, 3.63) is 103 Å². The first-order valence-electron chi connectivity index (χ1n) is 13.2. The number of carbonyl (C=O) groups is 3. The van der Waals surface area contributed by atoms with Gasteiger partial charge >= 0.3 is 5.97 Å². The lowest BCUT2D eigenvalue weighted by molar-refractivity contribution is -0.384. The van der Waals surface area contributed by atoms with Gasteiger partial charge in [-0.2, -0.15) is 0 Å². The molecule has 0 saturated carbocycles. The molecular weight excluding hydrogens is 595 g/mol. The third-order valence-electron chi connectivity index (χ3n) is 6.84. The smallest absolute Gasteiger partial charge is 0.356 e. The van der Waals surface area contributed by atoms with Crippen LogP contribution in [0.4, 0.5) is 5.69 Å². The van der Waals surface area contributed by atoms with Gasteiger partial charge in [0.1, 0.15) is 23.7 Å². The first-order chi connectivity index (χ1) is 20.0. The van der Waals surface area contributed by atoms with E-state index >= 15 is 0 Å². The van der Waals surface area contributed by atoms with Crippen LogP contribution in [0.15, 0.2) is 81.5 Å². The highest BCUT2D eigenvalue weighted by molar-refractivity contribution is 8.06. The van der Waals surface area contributed by atoms with Gasteiger partial charge in [-0.3, -0.25) is 24.6 Å². The molecule has 0 radical (unpaired) electrons. The highest BCUT2D eigenvalue weighted by Gasteiger charge is 2.54. The van der Waals surface area contributed by atoms with Crippen molar-refractivity contribution in [2.45, 2.75) is 55.5 Å². The lowest BCUT2D eigenvalue weighted by Crippen LogP contribution is -2.70. The Morgan fingerprint density at radius 1 is 1.12 bits per heavy atom. The second-order valence-corrected chi connectivity index (χ2v) is 14.2. The van der Waals surface area contributed by atoms with Gasteiger partial charge < -0.3 is 10.1 Å². The van der Waals surface area contributed by atoms with Crippen molar-refractivity contribution in [1.82, 2.24) is 10.2 Å². The van der Waals surface area contributed by atoms with Crippen LogP contribution in [-0.2, 0) is 37.6 Å². The minimum atomic E-state index is -0.738. The van der Waals surface area contributed by atoms with Crippen molar-refractivity contribution in [2.24, 2.45) is 0 Å². The van der Waals surface area contributed by atoms with Gasteiger partial charge in [0.25, 0.3) is 11.6 Å². The fourth-order valence-electron chi connectivity index (χ4n) is 4.55. The predicted octanol–water partition coefficient (Wildman–Crippen LogP) is 5.64. The van der Waals surface area contributed by atoms with E-state index in [4.69, 9.17) is 4.74 Å². The molecule has 1 saturated heterocycles. The molecule has 12 heteroatoms. The van der Waals surface area contributed by atoms with Crippen LogP contribution in [0.25, 0.3) is 0 Å². The number of β-lactam (4-membered cyclic amide) rings is 1. The van der Waals surface area contributed by atoms with E-state index in [1.807, 2.05) is 29.6 Å². The molecular formula is C30H29N3O6S3. The number of hydrogen-bond donors (Lipinski definition) is 1. The van der Waals surface area contributed by atoms with Gasteiger partial charge in [-0.05, 0) is 52.3 Å². The quantitative estimate of drug-likeness (QED) is 0.141. The summed E-state index contributed by atoms with van der Waals surface area (Å²) in [4.78, 5) is 53.9. The Bertz CT molecular complexity index is 1530. The van der Waals surface area contributed by atoms with E-state index in [-0.39, 0.29) is 41.6 Å². The van der Waals surface area contributed by atoms with Crippen LogP contribution in [0, 0.1) is 10.1 Å². The molecule has 1 aromatic heterocycles. The maximum atomic E-state index is 13.5. The number of nitro benzene ring substituents is 1. The summed E-state index contributed by atoms with van der Waals surface area (Å²) < 4.78 is 5.62. The Morgan fingerprint density at radius 2 is 1.83 bits per heavy atom. The molecule has 2 atom stereocenters. The second-order valence-electron chi connectivity index (χ2n) is 10.9. The van der Waals surface area contributed by atoms with Crippen molar-refractivity contribution in [3.8, 4) is 0 Å². The van der Waals surface area contributed by atoms with E-state index in [0.29, 0.717) is 16.2 Å². The average molecular weight is 624 g/mol. The molecule has 2 amide bonds. The van der Waals surface area contributed by atoms with E-state index in [1.165, 1.54) is 69.6 Å². The SMILES string of the molecule is CC(C)(C)c1ccc(SC2=C(C(=O)OCc3ccc([N+](=O)[O-])cc3)N3C(=O)C(NC(=O)Cc4cccs4)[C@H]3SC2)cc1. The normalized spacial score (nSPS) is 18.3. The van der Waals surface area contributed by atoms with Gasteiger partial charge in [0.15, 0.2) is 0 Å². The monoisotopic (exact) mass is 623 g/mol. The highest BCUT2D eigenvalue weighted by atomic mass is 32.2. The Morgan fingerprint density at radius 3 is 2.45 bits per heavy atom. The number of thiophene rings is 1. The number of fused-ring (bicyclic) bond motifs is 1. The number of rotatable bonds is 9. The van der Waals surface area contributed by atoms with Crippen LogP contribution in [0.1, 0.15) is 36.8 Å². The molecule has 2 aromatic carbocycles. The van der Waals surface area contributed by atoms with Crippen LogP contribution in [0.3, 0.4) is 0 Å². The summed E-state index contributed by atoms with van der Waals surface area (Å²) in [6, 6.07) is 16.9. The lowest BCUT2D eigenvalue weighted by atomic mass is 9.87. The average Bonchev–Trinajstić information content (AvgIpc) is 3.47. The van der Waals surface area contributed by atoms with E-state index in [0.717, 1.165) is 9.77 Å². The van der Waals surface area contributed by atoms with Crippen LogP contribution in [0.5, 0.6) is 0 Å². The van der Waals surface area contributed by atoms with Crippen LogP contribution < -0.4 is 5.32 Å². The molecule has 2 aliphatic rings. The summed E-state index contributed by atoms with van der Waals surface area (Å²) in [5.41, 5.74) is 1.86. The topological polar surface area (TPSA) is 119 Å². The maximum Gasteiger partial charge on any atom is 0.356 e. The number of nitrogens with zero attached hydrogens (tertiary/aromatic N) is 2. The van der Waals surface area contributed by atoms with Crippen molar-refractivity contribution in [3.63, 3.8) is 0 Å². The summed E-state index contributed by atoms with van der Waals surface area (Å²) in [6.45, 7) is 6.30. The van der Waals surface area contributed by atoms with Gasteiger partial charge in [-0.1, -0.05) is 50.7 Å². The van der Waals surface area contributed by atoms with Gasteiger partial charge in [0, 0.05) is 32.6 Å². The van der Waals surface area contributed by atoms with Gasteiger partial charge in [-0.25, -0.2) is 4.79 Å². The van der Waals surface area contributed by atoms with Crippen molar-refractivity contribution < 1.29 is 24.0 Å². The standard InChI is InChI=1S/C30H29N3O6S3/c1-30(2,3)19-8-12-21(13-9-19)42-23-17-41-28-25(31-24(34)15-22-5-4-14-40-22)27(35)32(28)26(23)29(36)39-16-18-6-10-20(11-7-18)33(37)38/h4-14,25,28H,15-17H2,1-3H3,(H,31,34)/t25?,28-/m1/s1. The lowest BCUT2D eigenvalue weighted by Gasteiger charge is -2.49. The molecule has 9 nitrogen and oxygen atoms in total. The number of benzene rings is 2. The van der Waals surface area contributed by atoms with Crippen molar-refractivity contribution in [2.75, 3.05) is 5.75 Å².